The van der Waals surface area contributed by atoms with Gasteiger partial charge in [0.2, 0.25) is 0 Å². The summed E-state index contributed by atoms with van der Waals surface area (Å²) in [6.07, 6.45) is 0. The lowest BCUT2D eigenvalue weighted by atomic mass is 10.2. The molecule has 6 heterocycles. The zero-order valence-electron chi connectivity index (χ0n) is 18.0. The molecule has 6 aromatic heterocycles. The van der Waals surface area contributed by atoms with E-state index in [1.165, 1.54) is 67.5 Å². The maximum Gasteiger partial charge on any atom is 0.0712 e. The summed E-state index contributed by atoms with van der Waals surface area (Å²) in [5, 5.41) is 0. The minimum absolute atomic E-state index is 1.18. The second-order valence-corrected chi connectivity index (χ2v) is 17.3. The predicted octanol–water partition coefficient (Wildman–Crippen LogP) is 12.5. The lowest BCUT2D eigenvalue weighted by molar-refractivity contribution is 1.64. The molecule has 0 radical (unpaired) electrons. The van der Waals surface area contributed by atoms with Crippen molar-refractivity contribution in [2.75, 3.05) is 0 Å². The van der Waals surface area contributed by atoms with Gasteiger partial charge in [0.1, 0.15) is 0 Å². The van der Waals surface area contributed by atoms with Gasteiger partial charge in [-0.15, -0.1) is 68.0 Å². The molecule has 0 saturated carbocycles. The van der Waals surface area contributed by atoms with Gasteiger partial charge in [0.15, 0.2) is 0 Å². The Balaban J connectivity index is 1.35. The Kier molecular flexibility index (Phi) is 6.62. The minimum atomic E-state index is 1.18. The van der Waals surface area contributed by atoms with Gasteiger partial charge in [-0.25, -0.2) is 0 Å². The smallest absolute Gasteiger partial charge is 0.0712 e. The highest BCUT2D eigenvalue weighted by Gasteiger charge is 2.18. The van der Waals surface area contributed by atoms with E-state index in [1.807, 2.05) is 68.0 Å². The van der Waals surface area contributed by atoms with Gasteiger partial charge in [0, 0.05) is 50.1 Å². The molecular weight excluding hydrogens is 664 g/mol. The van der Waals surface area contributed by atoms with E-state index in [4.69, 9.17) is 0 Å². The highest BCUT2D eigenvalue weighted by molar-refractivity contribution is 9.11. The van der Waals surface area contributed by atoms with Crippen LogP contribution >= 0.6 is 99.9 Å². The van der Waals surface area contributed by atoms with Crippen LogP contribution in [-0.2, 0) is 0 Å². The molecule has 0 aromatic carbocycles. The van der Waals surface area contributed by atoms with Crippen LogP contribution in [0, 0.1) is 13.8 Å². The van der Waals surface area contributed by atoms with Crippen LogP contribution in [0.5, 0.6) is 0 Å². The third-order valence-corrected chi connectivity index (χ3v) is 13.4. The van der Waals surface area contributed by atoms with Crippen LogP contribution in [0.25, 0.3) is 50.1 Å². The molecule has 170 valence electrons. The maximum absolute atomic E-state index is 3.72. The summed E-state index contributed by atoms with van der Waals surface area (Å²) in [7, 11) is 0. The van der Waals surface area contributed by atoms with Gasteiger partial charge < -0.3 is 0 Å². The molecule has 0 unspecified atom stereocenters. The molecule has 0 fully saturated rings. The molecule has 0 saturated heterocycles. The van der Waals surface area contributed by atoms with Gasteiger partial charge in [-0.05, 0) is 106 Å². The van der Waals surface area contributed by atoms with Crippen LogP contribution in [0.3, 0.4) is 0 Å². The molecule has 0 N–H and O–H groups in total. The standard InChI is InChI=1S/C26H16Br2S6/c1-13-3-5-17(29-13)15-11-23(27)33-25(15)21-9-7-19(31-21)20-8-10-22(32-20)26-16(12-24(28)34-26)18-6-4-14(2)30-18/h3-12H,1-2H3. The zero-order chi connectivity index (χ0) is 23.4. The summed E-state index contributed by atoms with van der Waals surface area (Å²) < 4.78 is 2.35. The van der Waals surface area contributed by atoms with E-state index in [-0.39, 0.29) is 0 Å². The van der Waals surface area contributed by atoms with Gasteiger partial charge in [-0.1, -0.05) is 0 Å². The van der Waals surface area contributed by atoms with Gasteiger partial charge in [-0.2, -0.15) is 0 Å². The topological polar surface area (TPSA) is 0 Å². The Bertz CT molecular complexity index is 1500. The number of hydrogen-bond acceptors (Lipinski definition) is 6. The third-order valence-electron chi connectivity index (χ3n) is 5.32. The van der Waals surface area contributed by atoms with Crippen LogP contribution in [0.2, 0.25) is 0 Å². The number of rotatable bonds is 5. The molecule has 6 rings (SSSR count). The van der Waals surface area contributed by atoms with Crippen molar-refractivity contribution in [2.45, 2.75) is 13.8 Å². The highest BCUT2D eigenvalue weighted by Crippen LogP contribution is 2.50. The predicted molar refractivity (Wildman–Crippen MR) is 166 cm³/mol. The molecule has 0 nitrogen and oxygen atoms in total. The summed E-state index contributed by atoms with van der Waals surface area (Å²) in [5.74, 6) is 0. The average Bonchev–Trinajstić information content (AvgIpc) is 3.61. The lowest BCUT2D eigenvalue weighted by Gasteiger charge is -1.99. The van der Waals surface area contributed by atoms with Crippen LogP contribution in [-0.4, -0.2) is 0 Å². The van der Waals surface area contributed by atoms with Crippen molar-refractivity contribution in [1.29, 1.82) is 0 Å². The first kappa shape index (κ1) is 23.6. The Hall–Kier alpha value is -0.840. The summed E-state index contributed by atoms with van der Waals surface area (Å²) >= 11 is 18.6. The normalized spacial score (nSPS) is 11.5. The summed E-state index contributed by atoms with van der Waals surface area (Å²) in [4.78, 5) is 13.4. The van der Waals surface area contributed by atoms with Crippen LogP contribution in [0.4, 0.5) is 0 Å². The Morgan fingerprint density at radius 2 is 0.824 bits per heavy atom. The van der Waals surface area contributed by atoms with Gasteiger partial charge in [0.05, 0.1) is 17.3 Å². The molecule has 0 spiro atoms. The van der Waals surface area contributed by atoms with E-state index in [9.17, 15) is 0 Å². The van der Waals surface area contributed by atoms with Crippen molar-refractivity contribution >= 4 is 99.9 Å². The van der Waals surface area contributed by atoms with Crippen molar-refractivity contribution in [3.63, 3.8) is 0 Å². The molecule has 8 heteroatoms. The summed E-state index contributed by atoms with van der Waals surface area (Å²) in [6, 6.07) is 22.5. The average molecular weight is 681 g/mol. The lowest BCUT2D eigenvalue weighted by Crippen LogP contribution is -1.70. The molecule has 0 bridgehead atoms. The monoisotopic (exact) mass is 678 g/mol. The number of thiophene rings is 6. The van der Waals surface area contributed by atoms with Crippen molar-refractivity contribution < 1.29 is 0 Å². The third kappa shape index (κ3) is 4.52. The van der Waals surface area contributed by atoms with E-state index in [1.54, 1.807) is 0 Å². The number of aryl methyl sites for hydroxylation is 2. The fourth-order valence-corrected chi connectivity index (χ4v) is 11.3. The second-order valence-electron chi connectivity index (χ2n) is 7.74. The largest absolute Gasteiger partial charge is 0.141 e. The van der Waals surface area contributed by atoms with Crippen LogP contribution < -0.4 is 0 Å². The molecular formula is C26H16Br2S6. The molecule has 0 aliphatic rings. The maximum atomic E-state index is 3.72. The van der Waals surface area contributed by atoms with E-state index in [0.29, 0.717) is 0 Å². The molecule has 6 aromatic rings. The second kappa shape index (κ2) is 9.56. The molecule has 0 atom stereocenters. The molecule has 0 aliphatic carbocycles. The quantitative estimate of drug-likeness (QED) is 0.170. The molecule has 0 amide bonds. The van der Waals surface area contributed by atoms with E-state index in [0.717, 1.165) is 0 Å². The summed E-state index contributed by atoms with van der Waals surface area (Å²) in [6.45, 7) is 4.34. The molecule has 0 aliphatic heterocycles. The Morgan fingerprint density at radius 3 is 1.21 bits per heavy atom. The summed E-state index contributed by atoms with van der Waals surface area (Å²) in [5.41, 5.74) is 2.66. The van der Waals surface area contributed by atoms with Crippen molar-refractivity contribution in [1.82, 2.24) is 0 Å². The molecule has 34 heavy (non-hydrogen) atoms. The first-order valence-electron chi connectivity index (χ1n) is 10.4. The fraction of sp³-hybridized carbons (Fsp3) is 0.0769. The van der Waals surface area contributed by atoms with Crippen molar-refractivity contribution in [3.05, 3.63) is 78.0 Å². The van der Waals surface area contributed by atoms with Crippen LogP contribution in [0.15, 0.2) is 68.2 Å². The number of halogens is 2. The zero-order valence-corrected chi connectivity index (χ0v) is 26.0. The highest BCUT2D eigenvalue weighted by atomic mass is 79.9. The Labute approximate surface area is 239 Å². The first-order valence-corrected chi connectivity index (χ1v) is 16.9. The van der Waals surface area contributed by atoms with Gasteiger partial charge in [-0.3, -0.25) is 0 Å². The van der Waals surface area contributed by atoms with Crippen LogP contribution in [0.1, 0.15) is 9.75 Å². The Morgan fingerprint density at radius 1 is 0.441 bits per heavy atom. The van der Waals surface area contributed by atoms with Gasteiger partial charge in [0.25, 0.3) is 0 Å². The van der Waals surface area contributed by atoms with E-state index in [2.05, 4.69) is 106 Å². The fourth-order valence-electron chi connectivity index (χ4n) is 3.80. The van der Waals surface area contributed by atoms with Gasteiger partial charge >= 0.3 is 0 Å². The van der Waals surface area contributed by atoms with Crippen molar-refractivity contribution in [2.24, 2.45) is 0 Å². The SMILES string of the molecule is Cc1ccc(-c2cc(Br)sc2-c2ccc(-c3ccc(-c4sc(Br)cc4-c4ccc(C)s4)s3)s2)s1. The van der Waals surface area contributed by atoms with Crippen molar-refractivity contribution in [3.8, 4) is 50.1 Å². The minimum Gasteiger partial charge on any atom is -0.141 e. The first-order chi connectivity index (χ1) is 16.4. The van der Waals surface area contributed by atoms with E-state index >= 15 is 0 Å². The number of hydrogen-bond donors (Lipinski definition) is 0. The van der Waals surface area contributed by atoms with E-state index < -0.39 is 0 Å².